The molecule has 9 nitrogen and oxygen atoms in total. The van der Waals surface area contributed by atoms with Gasteiger partial charge in [0.25, 0.3) is 0 Å². The Hall–Kier alpha value is -3.69. The van der Waals surface area contributed by atoms with E-state index in [2.05, 4.69) is 20.5 Å². The van der Waals surface area contributed by atoms with Gasteiger partial charge in [0, 0.05) is 23.1 Å². The number of hydrogen-bond donors (Lipinski definition) is 5. The summed E-state index contributed by atoms with van der Waals surface area (Å²) >= 11 is 0. The minimum absolute atomic E-state index is 0.00731. The molecule has 2 aromatic carbocycles. The molecule has 1 unspecified atom stereocenters. The number of H-pyrrole nitrogens is 2. The number of nitrogens with zero attached hydrogens (tertiary/aromatic N) is 2. The Labute approximate surface area is 210 Å². The molecule has 1 atom stereocenters. The third-order valence-electron chi connectivity index (χ3n) is 7.08. The monoisotopic (exact) mass is 487 g/mol. The highest BCUT2D eigenvalue weighted by Crippen LogP contribution is 2.29. The smallest absolute Gasteiger partial charge is 0.223 e. The predicted molar refractivity (Wildman–Crippen MR) is 140 cm³/mol. The first kappa shape index (κ1) is 24.0. The average Bonchev–Trinajstić information content (AvgIpc) is 3.56. The second-order valence-electron chi connectivity index (χ2n) is 9.56. The van der Waals surface area contributed by atoms with E-state index in [1.54, 1.807) is 0 Å². The quantitative estimate of drug-likeness (QED) is 0.243. The van der Waals surface area contributed by atoms with Crippen LogP contribution in [-0.4, -0.2) is 39.2 Å². The Balaban J connectivity index is 1.31. The second-order valence-corrected chi connectivity index (χ2v) is 9.56. The van der Waals surface area contributed by atoms with Crippen molar-refractivity contribution >= 4 is 22.6 Å². The number of ether oxygens (including phenoxy) is 1. The third kappa shape index (κ3) is 5.42. The van der Waals surface area contributed by atoms with Crippen LogP contribution in [0.1, 0.15) is 43.1 Å². The van der Waals surface area contributed by atoms with Crippen LogP contribution in [0.25, 0.3) is 22.2 Å². The highest BCUT2D eigenvalue weighted by molar-refractivity contribution is 5.91. The highest BCUT2D eigenvalue weighted by Gasteiger charge is 2.28. The Bertz CT molecular complexity index is 1290. The molecule has 1 fully saturated rings. The molecule has 5 rings (SSSR count). The Morgan fingerprint density at radius 1 is 1.14 bits per heavy atom. The van der Waals surface area contributed by atoms with Gasteiger partial charge in [-0.1, -0.05) is 36.4 Å². The normalized spacial score (nSPS) is 18.8. The van der Waals surface area contributed by atoms with Gasteiger partial charge in [0.05, 0.1) is 24.4 Å². The lowest BCUT2D eigenvalue weighted by Gasteiger charge is -2.28. The summed E-state index contributed by atoms with van der Waals surface area (Å²) < 4.78 is 6.02. The molecule has 4 aromatic rings. The summed E-state index contributed by atoms with van der Waals surface area (Å²) in [6.07, 6.45) is 5.56. The first-order chi connectivity index (χ1) is 17.6. The van der Waals surface area contributed by atoms with Gasteiger partial charge in [0.15, 0.2) is 5.82 Å². The van der Waals surface area contributed by atoms with Gasteiger partial charge in [0.2, 0.25) is 5.91 Å². The van der Waals surface area contributed by atoms with E-state index in [9.17, 15) is 4.79 Å². The van der Waals surface area contributed by atoms with Crippen molar-refractivity contribution in [3.63, 3.8) is 0 Å². The van der Waals surface area contributed by atoms with Gasteiger partial charge in [-0.3, -0.25) is 9.89 Å². The molecule has 2 heterocycles. The molecule has 1 amide bonds. The molecule has 36 heavy (non-hydrogen) atoms. The molecule has 0 radical (unpaired) electrons. The van der Waals surface area contributed by atoms with E-state index in [1.807, 2.05) is 54.7 Å². The Morgan fingerprint density at radius 3 is 2.72 bits per heavy atom. The van der Waals surface area contributed by atoms with E-state index in [-0.39, 0.29) is 11.8 Å². The van der Waals surface area contributed by atoms with Crippen LogP contribution in [0.3, 0.4) is 0 Å². The first-order valence-corrected chi connectivity index (χ1v) is 12.5. The lowest BCUT2D eigenvalue weighted by Crippen LogP contribution is -2.38. The topological polar surface area (TPSA) is 148 Å². The van der Waals surface area contributed by atoms with Crippen LogP contribution in [0.15, 0.2) is 54.7 Å². The van der Waals surface area contributed by atoms with Crippen molar-refractivity contribution in [2.75, 3.05) is 18.9 Å². The SMILES string of the molecule is NCC1CCC(C(=O)NC(COCc2ccccc2)c2nc(-c3ccc4c(N)n[nH]c4c3)c[nH]2)CC1. The number of fused-ring (bicyclic) bond motifs is 1. The zero-order valence-corrected chi connectivity index (χ0v) is 20.2. The van der Waals surface area contributed by atoms with Crippen LogP contribution >= 0.6 is 0 Å². The van der Waals surface area contributed by atoms with E-state index in [1.165, 1.54) is 0 Å². The van der Waals surface area contributed by atoms with Gasteiger partial charge in [-0.15, -0.1) is 0 Å². The van der Waals surface area contributed by atoms with Crippen molar-refractivity contribution in [3.05, 3.63) is 66.1 Å². The minimum atomic E-state index is -0.395. The van der Waals surface area contributed by atoms with Gasteiger partial charge in [-0.25, -0.2) is 4.98 Å². The predicted octanol–water partition coefficient (Wildman–Crippen LogP) is 3.67. The molecule has 0 aliphatic heterocycles. The summed E-state index contributed by atoms with van der Waals surface area (Å²) in [5.74, 6) is 1.69. The van der Waals surface area contributed by atoms with Crippen LogP contribution in [0.2, 0.25) is 0 Å². The molecule has 1 saturated carbocycles. The number of anilines is 1. The maximum absolute atomic E-state index is 13.2. The van der Waals surface area contributed by atoms with Crippen LogP contribution in [0.5, 0.6) is 0 Å². The van der Waals surface area contributed by atoms with Gasteiger partial charge >= 0.3 is 0 Å². The fourth-order valence-electron chi connectivity index (χ4n) is 4.87. The maximum atomic E-state index is 13.2. The maximum Gasteiger partial charge on any atom is 0.223 e. The van der Waals surface area contributed by atoms with E-state index in [0.29, 0.717) is 37.3 Å². The van der Waals surface area contributed by atoms with E-state index >= 15 is 0 Å². The van der Waals surface area contributed by atoms with Crippen LogP contribution in [-0.2, 0) is 16.1 Å². The number of benzene rings is 2. The number of nitrogens with two attached hydrogens (primary N) is 2. The number of nitrogen functional groups attached to an aromatic ring is 1. The van der Waals surface area contributed by atoms with Gasteiger partial charge < -0.3 is 26.5 Å². The molecule has 188 valence electrons. The number of aromatic nitrogens is 4. The first-order valence-electron chi connectivity index (χ1n) is 12.5. The number of carbonyl (C=O) groups is 1. The molecule has 7 N–H and O–H groups in total. The summed E-state index contributed by atoms with van der Waals surface area (Å²) in [4.78, 5) is 21.2. The molecule has 1 aliphatic rings. The van der Waals surface area contributed by atoms with Gasteiger partial charge in [-0.2, -0.15) is 5.10 Å². The lowest BCUT2D eigenvalue weighted by atomic mass is 9.81. The van der Waals surface area contributed by atoms with Crippen molar-refractivity contribution in [1.82, 2.24) is 25.5 Å². The van der Waals surface area contributed by atoms with Crippen LogP contribution in [0, 0.1) is 11.8 Å². The fourth-order valence-corrected chi connectivity index (χ4v) is 4.87. The molecule has 0 bridgehead atoms. The number of amides is 1. The second kappa shape index (κ2) is 10.9. The van der Waals surface area contributed by atoms with E-state index in [0.717, 1.165) is 53.4 Å². The molecule has 1 aliphatic carbocycles. The van der Waals surface area contributed by atoms with Gasteiger partial charge in [-0.05, 0) is 55.8 Å². The Kier molecular flexibility index (Phi) is 7.29. The van der Waals surface area contributed by atoms with Crippen molar-refractivity contribution in [1.29, 1.82) is 0 Å². The van der Waals surface area contributed by atoms with Crippen molar-refractivity contribution in [3.8, 4) is 11.3 Å². The fraction of sp³-hybridized carbons (Fsp3) is 0.370. The summed E-state index contributed by atoms with van der Waals surface area (Å²) in [5, 5.41) is 11.1. The highest BCUT2D eigenvalue weighted by atomic mass is 16.5. The van der Waals surface area contributed by atoms with E-state index < -0.39 is 6.04 Å². The van der Waals surface area contributed by atoms with Crippen molar-refractivity contribution in [2.24, 2.45) is 17.6 Å². The Morgan fingerprint density at radius 2 is 1.94 bits per heavy atom. The minimum Gasteiger partial charge on any atom is -0.382 e. The van der Waals surface area contributed by atoms with Gasteiger partial charge in [0.1, 0.15) is 11.9 Å². The molecule has 9 heteroatoms. The zero-order valence-electron chi connectivity index (χ0n) is 20.2. The number of aromatic amines is 2. The molecular formula is C27H33N7O2. The third-order valence-corrected chi connectivity index (χ3v) is 7.08. The molecular weight excluding hydrogens is 454 g/mol. The van der Waals surface area contributed by atoms with Crippen molar-refractivity contribution < 1.29 is 9.53 Å². The number of carbonyl (C=O) groups excluding carboxylic acids is 1. The number of imidazole rings is 1. The number of hydrogen-bond acceptors (Lipinski definition) is 6. The molecule has 0 spiro atoms. The summed E-state index contributed by atoms with van der Waals surface area (Å²) in [6, 6.07) is 15.4. The van der Waals surface area contributed by atoms with Crippen molar-refractivity contribution in [2.45, 2.75) is 38.3 Å². The zero-order chi connectivity index (χ0) is 24.9. The molecule has 2 aromatic heterocycles. The molecule has 0 saturated heterocycles. The van der Waals surface area contributed by atoms with Crippen LogP contribution in [0.4, 0.5) is 5.82 Å². The summed E-state index contributed by atoms with van der Waals surface area (Å²) in [5.41, 5.74) is 15.3. The largest absolute Gasteiger partial charge is 0.382 e. The standard InChI is InChI=1S/C27H33N7O2/c28-13-17-6-8-19(9-7-17)27(35)32-24(16-36-15-18-4-2-1-3-5-18)26-30-14-23(31-26)20-10-11-21-22(12-20)33-34-25(21)29/h1-5,10-12,14,17,19,24H,6-9,13,15-16,28H2,(H,30,31)(H,32,35)(H3,29,33,34). The summed E-state index contributed by atoms with van der Waals surface area (Å²) in [6.45, 7) is 1.46. The summed E-state index contributed by atoms with van der Waals surface area (Å²) in [7, 11) is 0. The van der Waals surface area contributed by atoms with Crippen LogP contribution < -0.4 is 16.8 Å². The number of nitrogens with one attached hydrogen (secondary N) is 3. The number of rotatable bonds is 9. The van der Waals surface area contributed by atoms with E-state index in [4.69, 9.17) is 21.2 Å². The lowest BCUT2D eigenvalue weighted by molar-refractivity contribution is -0.127. The average molecular weight is 488 g/mol.